The Kier molecular flexibility index (Phi) is 7.51. The number of benzene rings is 1. The summed E-state index contributed by atoms with van der Waals surface area (Å²) in [5.74, 6) is -0.100. The molecule has 0 aliphatic carbocycles. The van der Waals surface area contributed by atoms with E-state index in [1.807, 2.05) is 32.0 Å². The summed E-state index contributed by atoms with van der Waals surface area (Å²) in [6.07, 6.45) is 1.92. The fourth-order valence-corrected chi connectivity index (χ4v) is 3.23. The number of sulfonamides is 1. The monoisotopic (exact) mass is 342 g/mol. The van der Waals surface area contributed by atoms with Gasteiger partial charge in [-0.2, -0.15) is 0 Å². The number of carbonyl (C=O) groups excluding carboxylic acids is 1. The molecule has 0 fully saturated rings. The molecular formula is C16H26N2O4S. The van der Waals surface area contributed by atoms with Crippen molar-refractivity contribution in [3.8, 4) is 0 Å². The molecule has 0 radical (unpaired) electrons. The summed E-state index contributed by atoms with van der Waals surface area (Å²) in [5.41, 5.74) is 2.56. The van der Waals surface area contributed by atoms with Crippen molar-refractivity contribution in [3.05, 3.63) is 29.3 Å². The van der Waals surface area contributed by atoms with E-state index >= 15 is 0 Å². The van der Waals surface area contributed by atoms with E-state index in [1.54, 1.807) is 7.11 Å². The number of hydrogen-bond donors (Lipinski definition) is 1. The number of nitrogens with zero attached hydrogens (tertiary/aromatic N) is 1. The molecule has 0 aromatic heterocycles. The molecule has 6 nitrogen and oxygen atoms in total. The van der Waals surface area contributed by atoms with Crippen molar-refractivity contribution in [3.63, 3.8) is 0 Å². The van der Waals surface area contributed by atoms with Crippen LogP contribution in [-0.2, 0) is 19.6 Å². The number of methoxy groups -OCH3 is 1. The second kappa shape index (κ2) is 8.88. The van der Waals surface area contributed by atoms with Crippen LogP contribution in [-0.4, -0.2) is 47.4 Å². The second-order valence-electron chi connectivity index (χ2n) is 5.57. The van der Waals surface area contributed by atoms with Crippen LogP contribution in [0, 0.1) is 13.8 Å². The predicted molar refractivity (Wildman–Crippen MR) is 92.2 cm³/mol. The molecule has 0 aliphatic heterocycles. The molecule has 0 saturated heterocycles. The van der Waals surface area contributed by atoms with Gasteiger partial charge in [0.05, 0.1) is 18.6 Å². The molecule has 0 atom stereocenters. The Balaban J connectivity index is 2.71. The number of carbonyl (C=O) groups is 1. The summed E-state index contributed by atoms with van der Waals surface area (Å²) in [7, 11) is -1.82. The quantitative estimate of drug-likeness (QED) is 0.692. The third-order valence-electron chi connectivity index (χ3n) is 3.43. The molecular weight excluding hydrogens is 316 g/mol. The zero-order valence-corrected chi connectivity index (χ0v) is 15.1. The van der Waals surface area contributed by atoms with Crippen molar-refractivity contribution >= 4 is 21.6 Å². The van der Waals surface area contributed by atoms with Gasteiger partial charge in [0.1, 0.15) is 0 Å². The van der Waals surface area contributed by atoms with Crippen LogP contribution in [0.2, 0.25) is 0 Å². The van der Waals surface area contributed by atoms with Gasteiger partial charge in [-0.25, -0.2) is 8.42 Å². The third-order valence-corrected chi connectivity index (χ3v) is 4.61. The molecule has 1 rings (SSSR count). The minimum atomic E-state index is -3.39. The highest BCUT2D eigenvalue weighted by atomic mass is 32.2. The summed E-state index contributed by atoms with van der Waals surface area (Å²) in [6, 6.07) is 5.71. The van der Waals surface area contributed by atoms with Crippen molar-refractivity contribution in [2.24, 2.45) is 0 Å². The van der Waals surface area contributed by atoms with E-state index in [4.69, 9.17) is 4.74 Å². The highest BCUT2D eigenvalue weighted by Gasteiger charge is 2.19. The molecule has 0 saturated carbocycles. The summed E-state index contributed by atoms with van der Waals surface area (Å²) in [6.45, 7) is 5.00. The lowest BCUT2D eigenvalue weighted by atomic mass is 10.1. The van der Waals surface area contributed by atoms with E-state index < -0.39 is 10.0 Å². The second-order valence-corrected chi connectivity index (χ2v) is 7.48. The van der Waals surface area contributed by atoms with Crippen molar-refractivity contribution in [2.45, 2.75) is 26.7 Å². The van der Waals surface area contributed by atoms with Crippen molar-refractivity contribution < 1.29 is 17.9 Å². The minimum Gasteiger partial charge on any atom is -0.383 e. The maximum Gasteiger partial charge on any atom is 0.232 e. The zero-order valence-electron chi connectivity index (χ0n) is 14.3. The molecule has 1 amide bonds. The highest BCUT2D eigenvalue weighted by molar-refractivity contribution is 7.92. The molecule has 1 aromatic carbocycles. The van der Waals surface area contributed by atoms with Crippen LogP contribution in [0.5, 0.6) is 0 Å². The first-order valence-electron chi connectivity index (χ1n) is 7.56. The summed E-state index contributed by atoms with van der Waals surface area (Å²) >= 11 is 0. The van der Waals surface area contributed by atoms with Crippen molar-refractivity contribution in [2.75, 3.05) is 37.4 Å². The summed E-state index contributed by atoms with van der Waals surface area (Å²) < 4.78 is 30.4. The topological polar surface area (TPSA) is 75.7 Å². The molecule has 0 bridgehead atoms. The van der Waals surface area contributed by atoms with Gasteiger partial charge in [-0.15, -0.1) is 0 Å². The van der Waals surface area contributed by atoms with E-state index in [-0.39, 0.29) is 18.9 Å². The smallest absolute Gasteiger partial charge is 0.232 e. The van der Waals surface area contributed by atoms with Gasteiger partial charge in [-0.05, 0) is 37.5 Å². The van der Waals surface area contributed by atoms with Gasteiger partial charge in [-0.1, -0.05) is 12.1 Å². The highest BCUT2D eigenvalue weighted by Crippen LogP contribution is 2.24. The van der Waals surface area contributed by atoms with Gasteiger partial charge in [-0.3, -0.25) is 9.10 Å². The van der Waals surface area contributed by atoms with E-state index in [2.05, 4.69) is 5.32 Å². The van der Waals surface area contributed by atoms with E-state index in [9.17, 15) is 13.2 Å². The van der Waals surface area contributed by atoms with Crippen LogP contribution >= 0.6 is 0 Å². The number of hydrogen-bond acceptors (Lipinski definition) is 4. The van der Waals surface area contributed by atoms with Gasteiger partial charge < -0.3 is 10.1 Å². The lowest BCUT2D eigenvalue weighted by molar-refractivity contribution is -0.121. The number of rotatable bonds is 9. The molecule has 1 aromatic rings. The minimum absolute atomic E-state index is 0.100. The number of amides is 1. The number of anilines is 1. The van der Waals surface area contributed by atoms with Gasteiger partial charge >= 0.3 is 0 Å². The molecule has 0 heterocycles. The number of aryl methyl sites for hydroxylation is 2. The first kappa shape index (κ1) is 19.4. The van der Waals surface area contributed by atoms with Gasteiger partial charge in [0.25, 0.3) is 0 Å². The van der Waals surface area contributed by atoms with Crippen molar-refractivity contribution in [1.29, 1.82) is 0 Å². The van der Waals surface area contributed by atoms with Gasteiger partial charge in [0, 0.05) is 26.6 Å². The Bertz CT molecular complexity index is 629. The van der Waals surface area contributed by atoms with E-state index in [1.165, 1.54) is 10.6 Å². The van der Waals surface area contributed by atoms with Gasteiger partial charge in [0.15, 0.2) is 0 Å². The molecule has 130 valence electrons. The first-order chi connectivity index (χ1) is 10.8. The van der Waals surface area contributed by atoms with Crippen LogP contribution in [0.3, 0.4) is 0 Å². The third kappa shape index (κ3) is 6.58. The largest absolute Gasteiger partial charge is 0.383 e. The predicted octanol–water partition coefficient (Wildman–Crippen LogP) is 1.61. The molecule has 0 spiro atoms. The normalized spacial score (nSPS) is 11.3. The molecule has 1 N–H and O–H groups in total. The Morgan fingerprint density at radius 2 is 2.00 bits per heavy atom. The Morgan fingerprint density at radius 3 is 2.61 bits per heavy atom. The van der Waals surface area contributed by atoms with Crippen LogP contribution in [0.4, 0.5) is 5.69 Å². The Labute approximate surface area is 138 Å². The SMILES string of the molecule is COCCNC(=O)CCCN(c1cc(C)ccc1C)S(C)(=O)=O. The maximum absolute atomic E-state index is 12.1. The van der Waals surface area contributed by atoms with E-state index in [0.717, 1.165) is 11.1 Å². The average Bonchev–Trinajstić information content (AvgIpc) is 2.45. The van der Waals surface area contributed by atoms with Crippen molar-refractivity contribution in [1.82, 2.24) is 5.32 Å². The van der Waals surface area contributed by atoms with Gasteiger partial charge in [0.2, 0.25) is 15.9 Å². The number of ether oxygens (including phenoxy) is 1. The molecule has 7 heteroatoms. The zero-order chi connectivity index (χ0) is 17.5. The molecule has 0 aliphatic rings. The fourth-order valence-electron chi connectivity index (χ4n) is 2.22. The number of nitrogens with one attached hydrogen (secondary N) is 1. The lowest BCUT2D eigenvalue weighted by Gasteiger charge is -2.24. The standard InChI is InChI=1S/C16H26N2O4S/c1-13-7-8-14(2)15(12-13)18(23(4,20)21)10-5-6-16(19)17-9-11-22-3/h7-8,12H,5-6,9-11H2,1-4H3,(H,17,19). The Morgan fingerprint density at radius 1 is 1.30 bits per heavy atom. The van der Waals surface area contributed by atoms with E-state index in [0.29, 0.717) is 25.3 Å². The van der Waals surface area contributed by atoms with Crippen LogP contribution < -0.4 is 9.62 Å². The summed E-state index contributed by atoms with van der Waals surface area (Å²) in [4.78, 5) is 11.7. The molecule has 23 heavy (non-hydrogen) atoms. The molecule has 0 unspecified atom stereocenters. The van der Waals surface area contributed by atoms with Crippen LogP contribution in [0.25, 0.3) is 0 Å². The average molecular weight is 342 g/mol. The first-order valence-corrected chi connectivity index (χ1v) is 9.41. The Hall–Kier alpha value is -1.60. The lowest BCUT2D eigenvalue weighted by Crippen LogP contribution is -2.33. The van der Waals surface area contributed by atoms with Crippen LogP contribution in [0.15, 0.2) is 18.2 Å². The maximum atomic E-state index is 12.1. The van der Waals surface area contributed by atoms with Crippen LogP contribution in [0.1, 0.15) is 24.0 Å². The summed E-state index contributed by atoms with van der Waals surface area (Å²) in [5, 5.41) is 2.72. The fraction of sp³-hybridized carbons (Fsp3) is 0.562.